The molecule has 0 radical (unpaired) electrons. The third-order valence-corrected chi connectivity index (χ3v) is 5.17. The number of carbonyl (C=O) groups is 1. The quantitative estimate of drug-likeness (QED) is 0.452. The van der Waals surface area contributed by atoms with Gasteiger partial charge in [0.25, 0.3) is 11.5 Å². The van der Waals surface area contributed by atoms with Gasteiger partial charge in [0.05, 0.1) is 6.20 Å². The van der Waals surface area contributed by atoms with Gasteiger partial charge in [0.15, 0.2) is 5.82 Å². The number of fused-ring (bicyclic) bond motifs is 1. The lowest BCUT2D eigenvalue weighted by molar-refractivity contribution is 0.0786. The number of H-pyrrole nitrogens is 1. The van der Waals surface area contributed by atoms with Gasteiger partial charge >= 0.3 is 0 Å². The van der Waals surface area contributed by atoms with Crippen LogP contribution < -0.4 is 10.9 Å². The fourth-order valence-corrected chi connectivity index (χ4v) is 3.31. The highest BCUT2D eigenvalue weighted by Gasteiger charge is 2.15. The van der Waals surface area contributed by atoms with Gasteiger partial charge in [0, 0.05) is 37.0 Å². The zero-order valence-electron chi connectivity index (χ0n) is 18.7. The van der Waals surface area contributed by atoms with Crippen molar-refractivity contribution in [2.75, 3.05) is 39.5 Å². The molecule has 2 N–H and O–H groups in total. The molecule has 4 aromatic rings. The van der Waals surface area contributed by atoms with Crippen LogP contribution in [0, 0.1) is 0 Å². The van der Waals surface area contributed by atoms with Crippen molar-refractivity contribution in [1.82, 2.24) is 30.0 Å². The van der Waals surface area contributed by atoms with Crippen LogP contribution in [0.4, 0.5) is 11.5 Å². The van der Waals surface area contributed by atoms with E-state index in [4.69, 9.17) is 0 Å². The molecular formula is C24H25N7O2. The first-order valence-corrected chi connectivity index (χ1v) is 10.5. The standard InChI is InChI=1S/C24H25N7O2/c1-30(2)13-14-31(3)24(33)17-9-11-18(12-10-17)26-22-20-19(15-25-29-23(20)32)27-21(28-22)16-7-5-4-6-8-16/h4-12,15H,13-14H2,1-3H3,(H,29,32)(H,26,27,28). The van der Waals surface area contributed by atoms with Gasteiger partial charge in [0.2, 0.25) is 0 Å². The van der Waals surface area contributed by atoms with Crippen LogP contribution in [0.15, 0.2) is 65.6 Å². The molecule has 0 bridgehead atoms. The van der Waals surface area contributed by atoms with Crippen molar-refractivity contribution in [3.63, 3.8) is 0 Å². The monoisotopic (exact) mass is 443 g/mol. The van der Waals surface area contributed by atoms with Crippen molar-refractivity contribution < 1.29 is 4.79 Å². The largest absolute Gasteiger partial charge is 0.340 e. The van der Waals surface area contributed by atoms with Gasteiger partial charge in [0.1, 0.15) is 16.7 Å². The Labute approximate surface area is 191 Å². The Morgan fingerprint density at radius 1 is 0.970 bits per heavy atom. The van der Waals surface area contributed by atoms with Crippen molar-refractivity contribution in [2.24, 2.45) is 0 Å². The van der Waals surface area contributed by atoms with Crippen molar-refractivity contribution in [1.29, 1.82) is 0 Å². The second kappa shape index (κ2) is 9.58. The van der Waals surface area contributed by atoms with Crippen molar-refractivity contribution in [3.8, 4) is 11.4 Å². The average Bonchev–Trinajstić information content (AvgIpc) is 2.83. The molecule has 0 fully saturated rings. The summed E-state index contributed by atoms with van der Waals surface area (Å²) in [6.45, 7) is 1.42. The summed E-state index contributed by atoms with van der Waals surface area (Å²) in [6.07, 6.45) is 1.50. The summed E-state index contributed by atoms with van der Waals surface area (Å²) >= 11 is 0. The smallest absolute Gasteiger partial charge is 0.277 e. The van der Waals surface area contributed by atoms with Gasteiger partial charge in [-0.15, -0.1) is 0 Å². The van der Waals surface area contributed by atoms with Crippen LogP contribution in [0.1, 0.15) is 10.4 Å². The summed E-state index contributed by atoms with van der Waals surface area (Å²) in [5.74, 6) is 0.793. The Morgan fingerprint density at radius 3 is 2.39 bits per heavy atom. The minimum Gasteiger partial charge on any atom is -0.340 e. The molecule has 4 rings (SSSR count). The van der Waals surface area contributed by atoms with Crippen LogP contribution in [-0.2, 0) is 0 Å². The highest BCUT2D eigenvalue weighted by molar-refractivity contribution is 5.95. The second-order valence-electron chi connectivity index (χ2n) is 7.95. The third-order valence-electron chi connectivity index (χ3n) is 5.17. The fourth-order valence-electron chi connectivity index (χ4n) is 3.31. The molecule has 0 saturated heterocycles. The molecule has 0 aliphatic heterocycles. The molecule has 2 aromatic carbocycles. The number of likely N-dealkylation sites (N-methyl/N-ethyl adjacent to an activating group) is 2. The Balaban J connectivity index is 1.63. The number of carbonyl (C=O) groups excluding carboxylic acids is 1. The number of benzene rings is 2. The number of aromatic nitrogens is 4. The minimum atomic E-state index is -0.385. The maximum Gasteiger partial charge on any atom is 0.277 e. The third kappa shape index (κ3) is 5.04. The highest BCUT2D eigenvalue weighted by atomic mass is 16.2. The summed E-state index contributed by atoms with van der Waals surface area (Å²) in [5.41, 5.74) is 2.15. The molecule has 1 amide bonds. The summed E-state index contributed by atoms with van der Waals surface area (Å²) < 4.78 is 0. The van der Waals surface area contributed by atoms with Crippen LogP contribution in [-0.4, -0.2) is 70.1 Å². The topological polar surface area (TPSA) is 107 Å². The highest BCUT2D eigenvalue weighted by Crippen LogP contribution is 2.25. The predicted octanol–water partition coefficient (Wildman–Crippen LogP) is 2.76. The molecule has 0 atom stereocenters. The molecule has 0 aliphatic rings. The molecule has 0 spiro atoms. The first-order chi connectivity index (χ1) is 15.9. The van der Waals surface area contributed by atoms with E-state index in [-0.39, 0.29) is 11.5 Å². The van der Waals surface area contributed by atoms with E-state index >= 15 is 0 Å². The number of rotatable bonds is 7. The zero-order chi connectivity index (χ0) is 23.4. The van der Waals surface area contributed by atoms with Crippen LogP contribution in [0.5, 0.6) is 0 Å². The average molecular weight is 444 g/mol. The maximum atomic E-state index is 12.7. The van der Waals surface area contributed by atoms with E-state index in [1.807, 2.05) is 49.3 Å². The van der Waals surface area contributed by atoms with Crippen LogP contribution >= 0.6 is 0 Å². The number of hydrogen-bond acceptors (Lipinski definition) is 7. The second-order valence-corrected chi connectivity index (χ2v) is 7.95. The van der Waals surface area contributed by atoms with Crippen LogP contribution in [0.3, 0.4) is 0 Å². The number of aromatic amines is 1. The van der Waals surface area contributed by atoms with Gasteiger partial charge in [-0.1, -0.05) is 30.3 Å². The first kappa shape index (κ1) is 22.1. The van der Waals surface area contributed by atoms with Crippen LogP contribution in [0.25, 0.3) is 22.3 Å². The zero-order valence-corrected chi connectivity index (χ0v) is 18.7. The predicted molar refractivity (Wildman–Crippen MR) is 129 cm³/mol. The lowest BCUT2D eigenvalue weighted by atomic mass is 10.1. The molecule has 33 heavy (non-hydrogen) atoms. The Hall–Kier alpha value is -4.11. The van der Waals surface area contributed by atoms with Gasteiger partial charge in [-0.3, -0.25) is 9.59 Å². The molecule has 0 saturated carbocycles. The molecule has 168 valence electrons. The normalized spacial score (nSPS) is 11.0. The molecular weight excluding hydrogens is 418 g/mol. The minimum absolute atomic E-state index is 0.0511. The Kier molecular flexibility index (Phi) is 6.41. The number of nitrogens with one attached hydrogen (secondary N) is 2. The SMILES string of the molecule is CN(C)CCN(C)C(=O)c1ccc(Nc2nc(-c3ccccc3)nc3cn[nH]c(=O)c23)cc1. The van der Waals surface area contributed by atoms with Gasteiger partial charge < -0.3 is 15.1 Å². The Bertz CT molecular complexity index is 1320. The van der Waals surface area contributed by atoms with Gasteiger partial charge in [-0.25, -0.2) is 15.1 Å². The van der Waals surface area contributed by atoms with E-state index in [1.165, 1.54) is 6.20 Å². The van der Waals surface area contributed by atoms with Crippen molar-refractivity contribution in [3.05, 3.63) is 76.7 Å². The maximum absolute atomic E-state index is 12.7. The number of anilines is 2. The summed E-state index contributed by atoms with van der Waals surface area (Å²) in [7, 11) is 5.73. The Morgan fingerprint density at radius 2 is 1.70 bits per heavy atom. The summed E-state index contributed by atoms with van der Waals surface area (Å²) in [4.78, 5) is 38.0. The van der Waals surface area contributed by atoms with Crippen molar-refractivity contribution >= 4 is 28.3 Å². The first-order valence-electron chi connectivity index (χ1n) is 10.5. The molecule has 0 unspecified atom stereocenters. The van der Waals surface area contributed by atoms with E-state index in [2.05, 4.69) is 25.5 Å². The molecule has 2 aromatic heterocycles. The van der Waals surface area contributed by atoms with E-state index in [0.717, 1.165) is 12.1 Å². The van der Waals surface area contributed by atoms with Crippen LogP contribution in [0.2, 0.25) is 0 Å². The lowest BCUT2D eigenvalue weighted by Crippen LogP contribution is -2.33. The van der Waals surface area contributed by atoms with Crippen molar-refractivity contribution in [2.45, 2.75) is 0 Å². The molecule has 9 nitrogen and oxygen atoms in total. The summed E-state index contributed by atoms with van der Waals surface area (Å²) in [5, 5.41) is 9.82. The van der Waals surface area contributed by atoms with E-state index in [0.29, 0.717) is 40.3 Å². The van der Waals surface area contributed by atoms with Gasteiger partial charge in [-0.05, 0) is 38.4 Å². The van der Waals surface area contributed by atoms with E-state index < -0.39 is 0 Å². The number of hydrogen-bond donors (Lipinski definition) is 2. The van der Waals surface area contributed by atoms with E-state index in [1.54, 1.807) is 36.2 Å². The fraction of sp³-hybridized carbons (Fsp3) is 0.208. The number of amides is 1. The summed E-state index contributed by atoms with van der Waals surface area (Å²) in [6, 6.07) is 16.6. The molecule has 0 aliphatic carbocycles. The molecule has 9 heteroatoms. The molecule has 2 heterocycles. The van der Waals surface area contributed by atoms with E-state index in [9.17, 15) is 9.59 Å². The lowest BCUT2D eigenvalue weighted by Gasteiger charge is -2.20. The van der Waals surface area contributed by atoms with Gasteiger partial charge in [-0.2, -0.15) is 5.10 Å². The number of nitrogens with zero attached hydrogens (tertiary/aromatic N) is 5.